The standard InChI is InChI=1S/C21H19BrN2O2/c1-2-14-23-21(26)19(13-6-10-16-8-4-3-5-9-16)24-20(25)17-11-7-12-18(22)15-17/h2-13,15H,1,14H2,(H,23,26)(H,24,25)/b10-6-,19-13-. The van der Waals surface area contributed by atoms with E-state index < -0.39 is 0 Å². The van der Waals surface area contributed by atoms with Gasteiger partial charge in [-0.1, -0.05) is 70.6 Å². The van der Waals surface area contributed by atoms with Crippen LogP contribution in [0.2, 0.25) is 0 Å². The van der Waals surface area contributed by atoms with Crippen molar-refractivity contribution in [3.05, 3.63) is 101 Å². The zero-order chi connectivity index (χ0) is 18.8. The summed E-state index contributed by atoms with van der Waals surface area (Å²) in [5.74, 6) is -0.745. The quantitative estimate of drug-likeness (QED) is 0.410. The monoisotopic (exact) mass is 410 g/mol. The second-order valence-electron chi connectivity index (χ2n) is 5.31. The highest BCUT2D eigenvalue weighted by molar-refractivity contribution is 9.10. The highest BCUT2D eigenvalue weighted by Crippen LogP contribution is 2.12. The first-order chi connectivity index (χ1) is 12.6. The average molecular weight is 411 g/mol. The second kappa shape index (κ2) is 10.2. The fourth-order valence-electron chi connectivity index (χ4n) is 2.08. The molecule has 0 aliphatic carbocycles. The van der Waals surface area contributed by atoms with Crippen LogP contribution in [-0.2, 0) is 4.79 Å². The fourth-order valence-corrected chi connectivity index (χ4v) is 2.48. The molecule has 0 spiro atoms. The number of hydrogen-bond acceptors (Lipinski definition) is 2. The fraction of sp³-hybridized carbons (Fsp3) is 0.0476. The normalized spacial score (nSPS) is 11.2. The molecule has 2 aromatic carbocycles. The number of hydrogen-bond donors (Lipinski definition) is 2. The van der Waals surface area contributed by atoms with Gasteiger partial charge in [-0.3, -0.25) is 9.59 Å². The third-order valence-electron chi connectivity index (χ3n) is 3.34. The van der Waals surface area contributed by atoms with E-state index in [9.17, 15) is 9.59 Å². The summed E-state index contributed by atoms with van der Waals surface area (Å²) < 4.78 is 0.788. The molecule has 2 N–H and O–H groups in total. The van der Waals surface area contributed by atoms with Crippen LogP contribution in [-0.4, -0.2) is 18.4 Å². The van der Waals surface area contributed by atoms with E-state index in [4.69, 9.17) is 0 Å². The molecule has 0 fully saturated rings. The number of halogens is 1. The van der Waals surface area contributed by atoms with Gasteiger partial charge in [0.1, 0.15) is 5.70 Å². The average Bonchev–Trinajstić information content (AvgIpc) is 2.66. The Morgan fingerprint density at radius 1 is 1.08 bits per heavy atom. The molecule has 0 aromatic heterocycles. The lowest BCUT2D eigenvalue weighted by Crippen LogP contribution is -2.35. The largest absolute Gasteiger partial charge is 0.347 e. The Hall–Kier alpha value is -2.92. The van der Waals surface area contributed by atoms with Gasteiger partial charge < -0.3 is 10.6 Å². The molecule has 2 rings (SSSR count). The van der Waals surface area contributed by atoms with Crippen molar-refractivity contribution in [1.29, 1.82) is 0 Å². The Labute approximate surface area is 161 Å². The summed E-state index contributed by atoms with van der Waals surface area (Å²) in [7, 11) is 0. The Morgan fingerprint density at radius 3 is 2.54 bits per heavy atom. The summed E-state index contributed by atoms with van der Waals surface area (Å²) in [4.78, 5) is 24.7. The van der Waals surface area contributed by atoms with Crippen molar-refractivity contribution in [3.8, 4) is 0 Å². The van der Waals surface area contributed by atoms with E-state index in [1.165, 1.54) is 0 Å². The third kappa shape index (κ3) is 6.18. The molecule has 26 heavy (non-hydrogen) atoms. The molecule has 0 heterocycles. The first-order valence-electron chi connectivity index (χ1n) is 7.99. The van der Waals surface area contributed by atoms with Crippen molar-refractivity contribution >= 4 is 33.8 Å². The maximum atomic E-state index is 12.4. The first kappa shape index (κ1) is 19.4. The Morgan fingerprint density at radius 2 is 1.85 bits per heavy atom. The summed E-state index contributed by atoms with van der Waals surface area (Å²) >= 11 is 3.33. The maximum absolute atomic E-state index is 12.4. The molecule has 0 bridgehead atoms. The number of carbonyl (C=O) groups is 2. The van der Waals surface area contributed by atoms with Gasteiger partial charge in [0.2, 0.25) is 0 Å². The van der Waals surface area contributed by atoms with Crippen LogP contribution in [0.25, 0.3) is 6.08 Å². The molecule has 0 unspecified atom stereocenters. The number of rotatable bonds is 7. The molecule has 2 amide bonds. The first-order valence-corrected chi connectivity index (χ1v) is 8.79. The van der Waals surface area contributed by atoms with Crippen LogP contribution < -0.4 is 10.6 Å². The van der Waals surface area contributed by atoms with E-state index in [-0.39, 0.29) is 17.5 Å². The highest BCUT2D eigenvalue weighted by atomic mass is 79.9. The SMILES string of the molecule is C=CCNC(=O)/C(=C/C=C\c1ccccc1)NC(=O)c1cccc(Br)c1. The zero-order valence-corrected chi connectivity index (χ0v) is 15.7. The van der Waals surface area contributed by atoms with E-state index in [0.29, 0.717) is 12.1 Å². The minimum atomic E-state index is -0.383. The molecule has 132 valence electrons. The number of amides is 2. The number of carbonyl (C=O) groups excluding carboxylic acids is 2. The molecule has 0 saturated carbocycles. The van der Waals surface area contributed by atoms with Crippen molar-refractivity contribution in [2.75, 3.05) is 6.54 Å². The number of nitrogens with one attached hydrogen (secondary N) is 2. The van der Waals surface area contributed by atoms with Gasteiger partial charge in [-0.15, -0.1) is 6.58 Å². The minimum Gasteiger partial charge on any atom is -0.347 e. The Balaban J connectivity index is 2.18. The van der Waals surface area contributed by atoms with Gasteiger partial charge in [-0.25, -0.2) is 0 Å². The van der Waals surface area contributed by atoms with Crippen LogP contribution >= 0.6 is 15.9 Å². The molecule has 0 aliphatic heterocycles. The van der Waals surface area contributed by atoms with Crippen molar-refractivity contribution in [3.63, 3.8) is 0 Å². The van der Waals surface area contributed by atoms with Crippen molar-refractivity contribution in [1.82, 2.24) is 10.6 Å². The van der Waals surface area contributed by atoms with E-state index >= 15 is 0 Å². The highest BCUT2D eigenvalue weighted by Gasteiger charge is 2.13. The van der Waals surface area contributed by atoms with Crippen LogP contribution in [0.5, 0.6) is 0 Å². The molecule has 4 nitrogen and oxygen atoms in total. The van der Waals surface area contributed by atoms with Crippen molar-refractivity contribution in [2.45, 2.75) is 0 Å². The minimum absolute atomic E-state index is 0.156. The van der Waals surface area contributed by atoms with E-state index in [1.54, 1.807) is 36.4 Å². The van der Waals surface area contributed by atoms with E-state index in [0.717, 1.165) is 10.0 Å². The zero-order valence-electron chi connectivity index (χ0n) is 14.1. The topological polar surface area (TPSA) is 58.2 Å². The van der Waals surface area contributed by atoms with Gasteiger partial charge in [-0.2, -0.15) is 0 Å². The van der Waals surface area contributed by atoms with Crippen molar-refractivity contribution in [2.24, 2.45) is 0 Å². The van der Waals surface area contributed by atoms with Crippen LogP contribution in [0.3, 0.4) is 0 Å². The molecule has 0 aliphatic rings. The number of allylic oxidation sites excluding steroid dienone is 2. The molecule has 0 radical (unpaired) electrons. The lowest BCUT2D eigenvalue weighted by molar-refractivity contribution is -0.117. The van der Waals surface area contributed by atoms with Gasteiger partial charge in [0.15, 0.2) is 0 Å². The molecular weight excluding hydrogens is 392 g/mol. The predicted molar refractivity (Wildman–Crippen MR) is 108 cm³/mol. The lowest BCUT2D eigenvalue weighted by Gasteiger charge is -2.09. The van der Waals surface area contributed by atoms with E-state index in [2.05, 4.69) is 33.1 Å². The second-order valence-corrected chi connectivity index (χ2v) is 6.23. The molecule has 5 heteroatoms. The Bertz CT molecular complexity index is 842. The van der Waals surface area contributed by atoms with Gasteiger partial charge in [-0.05, 0) is 29.8 Å². The summed E-state index contributed by atoms with van der Waals surface area (Å²) in [5, 5.41) is 5.33. The predicted octanol–water partition coefficient (Wildman–Crippen LogP) is 4.08. The molecule has 0 saturated heterocycles. The third-order valence-corrected chi connectivity index (χ3v) is 3.83. The van der Waals surface area contributed by atoms with Crippen LogP contribution in [0, 0.1) is 0 Å². The smallest absolute Gasteiger partial charge is 0.268 e. The molecule has 2 aromatic rings. The molecule has 0 atom stereocenters. The van der Waals surface area contributed by atoms with Crippen LogP contribution in [0.1, 0.15) is 15.9 Å². The summed E-state index contributed by atoms with van der Waals surface area (Å²) in [6, 6.07) is 16.6. The summed E-state index contributed by atoms with van der Waals surface area (Å²) in [5.41, 5.74) is 1.60. The van der Waals surface area contributed by atoms with Crippen LogP contribution in [0.15, 0.2) is 89.6 Å². The van der Waals surface area contributed by atoms with Gasteiger partial charge in [0.05, 0.1) is 0 Å². The Kier molecular flexibility index (Phi) is 7.58. The van der Waals surface area contributed by atoms with Crippen LogP contribution in [0.4, 0.5) is 0 Å². The van der Waals surface area contributed by atoms with Gasteiger partial charge in [0, 0.05) is 16.6 Å². The summed E-state index contributed by atoms with van der Waals surface area (Å²) in [6.07, 6.45) is 6.72. The van der Waals surface area contributed by atoms with Gasteiger partial charge >= 0.3 is 0 Å². The van der Waals surface area contributed by atoms with Crippen molar-refractivity contribution < 1.29 is 9.59 Å². The lowest BCUT2D eigenvalue weighted by atomic mass is 10.2. The molecular formula is C21H19BrN2O2. The van der Waals surface area contributed by atoms with E-state index in [1.807, 2.05) is 42.5 Å². The summed E-state index contributed by atoms with van der Waals surface area (Å²) in [6.45, 7) is 3.88. The number of benzene rings is 2. The van der Waals surface area contributed by atoms with Gasteiger partial charge in [0.25, 0.3) is 11.8 Å². The maximum Gasteiger partial charge on any atom is 0.268 e.